The van der Waals surface area contributed by atoms with Gasteiger partial charge in [-0.3, -0.25) is 19.3 Å². The molecule has 0 radical (unpaired) electrons. The van der Waals surface area contributed by atoms with Gasteiger partial charge in [0.1, 0.15) is 0 Å². The first kappa shape index (κ1) is 13.4. The molecule has 6 heteroatoms. The van der Waals surface area contributed by atoms with Gasteiger partial charge in [0.15, 0.2) is 6.10 Å². The van der Waals surface area contributed by atoms with Gasteiger partial charge in [0.05, 0.1) is 19.1 Å². The molecule has 0 aliphatic carbocycles. The fourth-order valence-corrected chi connectivity index (χ4v) is 1.64. The zero-order chi connectivity index (χ0) is 13.2. The monoisotopic (exact) mass is 241 g/mol. The zero-order valence-electron chi connectivity index (χ0n) is 10.0. The lowest BCUT2D eigenvalue weighted by atomic mass is 10.1. The van der Waals surface area contributed by atoms with Crippen molar-refractivity contribution >= 4 is 17.8 Å². The van der Waals surface area contributed by atoms with Crippen LogP contribution in [0.25, 0.3) is 0 Å². The maximum Gasteiger partial charge on any atom is 0.307 e. The highest BCUT2D eigenvalue weighted by molar-refractivity contribution is 6.16. The topological polar surface area (TPSA) is 83.9 Å². The molecule has 0 aromatic carbocycles. The van der Waals surface area contributed by atoms with Gasteiger partial charge in [0.25, 0.3) is 11.8 Å². The number of aliphatic hydroxyl groups is 1. The Labute approximate surface area is 98.8 Å². The van der Waals surface area contributed by atoms with Gasteiger partial charge in [0, 0.05) is 6.54 Å². The first-order valence-electron chi connectivity index (χ1n) is 5.18. The molecule has 1 aliphatic heterocycles. The number of nitrogens with zero attached hydrogens (tertiary/aromatic N) is 1. The number of rotatable bonds is 3. The summed E-state index contributed by atoms with van der Waals surface area (Å²) in [6.07, 6.45) is -1.48. The van der Waals surface area contributed by atoms with Crippen molar-refractivity contribution in [2.24, 2.45) is 0 Å². The van der Waals surface area contributed by atoms with Crippen LogP contribution >= 0.6 is 0 Å². The van der Waals surface area contributed by atoms with Gasteiger partial charge in [0.2, 0.25) is 0 Å². The molecule has 1 saturated heterocycles. The summed E-state index contributed by atoms with van der Waals surface area (Å²) < 4.78 is 4.42. The number of hydrogen-bond donors (Lipinski definition) is 1. The van der Waals surface area contributed by atoms with E-state index in [0.717, 1.165) is 4.90 Å². The highest BCUT2D eigenvalue weighted by Gasteiger charge is 2.42. The number of imide groups is 1. The molecule has 0 aromatic heterocycles. The fourth-order valence-electron chi connectivity index (χ4n) is 1.64. The van der Waals surface area contributed by atoms with Gasteiger partial charge in [-0.1, -0.05) is 5.57 Å². The molecule has 0 aromatic rings. The van der Waals surface area contributed by atoms with E-state index in [9.17, 15) is 19.5 Å². The summed E-state index contributed by atoms with van der Waals surface area (Å²) in [5.41, 5.74) is 0.691. The van der Waals surface area contributed by atoms with Crippen LogP contribution in [0.15, 0.2) is 11.1 Å². The number of methoxy groups -OCH3 is 1. The van der Waals surface area contributed by atoms with Crippen LogP contribution in [0.3, 0.4) is 0 Å². The Balaban J connectivity index is 2.83. The first-order chi connectivity index (χ1) is 7.90. The molecule has 1 rings (SSSR count). The van der Waals surface area contributed by atoms with Crippen LogP contribution in [-0.4, -0.2) is 47.5 Å². The summed E-state index contributed by atoms with van der Waals surface area (Å²) >= 11 is 0. The minimum absolute atomic E-state index is 0.0712. The van der Waals surface area contributed by atoms with Gasteiger partial charge < -0.3 is 9.84 Å². The van der Waals surface area contributed by atoms with Crippen molar-refractivity contribution in [3.05, 3.63) is 11.1 Å². The third-order valence-corrected chi connectivity index (χ3v) is 2.55. The number of ether oxygens (including phenoxy) is 1. The second kappa shape index (κ2) is 5.09. The fraction of sp³-hybridized carbons (Fsp3) is 0.545. The average molecular weight is 241 g/mol. The lowest BCUT2D eigenvalue weighted by molar-refractivity contribution is -0.144. The molecule has 1 heterocycles. The Morgan fingerprint density at radius 3 is 2.41 bits per heavy atom. The molecule has 1 fully saturated rings. The molecule has 1 atom stereocenters. The molecule has 0 bridgehead atoms. The summed E-state index contributed by atoms with van der Waals surface area (Å²) in [5.74, 6) is -1.73. The summed E-state index contributed by atoms with van der Waals surface area (Å²) in [6.45, 7) is 3.22. The van der Waals surface area contributed by atoms with Gasteiger partial charge in [-0.05, 0) is 13.8 Å². The lowest BCUT2D eigenvalue weighted by Gasteiger charge is -2.11. The van der Waals surface area contributed by atoms with Crippen molar-refractivity contribution in [1.29, 1.82) is 0 Å². The predicted molar refractivity (Wildman–Crippen MR) is 57.7 cm³/mol. The molecular formula is C11H15NO5. The Bertz CT molecular complexity index is 395. The van der Waals surface area contributed by atoms with E-state index in [1.807, 2.05) is 0 Å². The molecular weight excluding hydrogens is 226 g/mol. The quantitative estimate of drug-likeness (QED) is 0.413. The van der Waals surface area contributed by atoms with Crippen LogP contribution in [0.5, 0.6) is 0 Å². The third kappa shape index (κ3) is 2.52. The van der Waals surface area contributed by atoms with Crippen LogP contribution in [0.4, 0.5) is 0 Å². The van der Waals surface area contributed by atoms with E-state index in [1.54, 1.807) is 13.8 Å². The molecule has 94 valence electrons. The highest BCUT2D eigenvalue weighted by Crippen LogP contribution is 2.22. The number of likely N-dealkylation sites (tertiary alicyclic amines) is 1. The van der Waals surface area contributed by atoms with E-state index in [0.29, 0.717) is 5.57 Å². The smallest absolute Gasteiger partial charge is 0.307 e. The molecule has 2 amide bonds. The van der Waals surface area contributed by atoms with Crippen LogP contribution < -0.4 is 0 Å². The highest BCUT2D eigenvalue weighted by atomic mass is 16.5. The minimum atomic E-state index is -1.41. The summed E-state index contributed by atoms with van der Waals surface area (Å²) in [6, 6.07) is 0. The normalized spacial score (nSPS) is 19.9. The van der Waals surface area contributed by atoms with Crippen molar-refractivity contribution in [2.45, 2.75) is 26.4 Å². The lowest BCUT2D eigenvalue weighted by Crippen LogP contribution is -2.34. The number of carbonyl (C=O) groups is 3. The maximum atomic E-state index is 11.8. The van der Waals surface area contributed by atoms with E-state index in [2.05, 4.69) is 4.74 Å². The van der Waals surface area contributed by atoms with Crippen molar-refractivity contribution in [3.63, 3.8) is 0 Å². The molecule has 1 unspecified atom stereocenters. The van der Waals surface area contributed by atoms with E-state index < -0.39 is 23.9 Å². The average Bonchev–Trinajstić information content (AvgIpc) is 2.48. The molecule has 0 saturated carbocycles. The molecule has 6 nitrogen and oxygen atoms in total. The van der Waals surface area contributed by atoms with Crippen molar-refractivity contribution < 1.29 is 24.2 Å². The van der Waals surface area contributed by atoms with Gasteiger partial charge in [-0.25, -0.2) is 0 Å². The van der Waals surface area contributed by atoms with Crippen molar-refractivity contribution in [2.75, 3.05) is 13.7 Å². The molecule has 1 N–H and O–H groups in total. The summed E-state index contributed by atoms with van der Waals surface area (Å²) in [7, 11) is 1.23. The zero-order valence-corrected chi connectivity index (χ0v) is 10.0. The van der Waals surface area contributed by atoms with Crippen LogP contribution in [0.1, 0.15) is 20.3 Å². The first-order valence-corrected chi connectivity index (χ1v) is 5.18. The van der Waals surface area contributed by atoms with Crippen LogP contribution in [0, 0.1) is 0 Å². The number of amides is 2. The number of aliphatic hydroxyl groups excluding tert-OH is 1. The maximum absolute atomic E-state index is 11.8. The Morgan fingerprint density at radius 1 is 1.41 bits per heavy atom. The van der Waals surface area contributed by atoms with Crippen LogP contribution in [0.2, 0.25) is 0 Å². The van der Waals surface area contributed by atoms with Crippen LogP contribution in [-0.2, 0) is 19.1 Å². The van der Waals surface area contributed by atoms with Gasteiger partial charge in [-0.2, -0.15) is 0 Å². The second-order valence-electron chi connectivity index (χ2n) is 3.94. The Hall–Kier alpha value is -1.69. The van der Waals surface area contributed by atoms with Gasteiger partial charge >= 0.3 is 5.97 Å². The van der Waals surface area contributed by atoms with Gasteiger partial charge in [-0.15, -0.1) is 0 Å². The molecule has 17 heavy (non-hydrogen) atoms. The molecule has 0 spiro atoms. The summed E-state index contributed by atoms with van der Waals surface area (Å²) in [5, 5.41) is 9.61. The van der Waals surface area contributed by atoms with E-state index >= 15 is 0 Å². The standard InChI is InChI=1S/C11H15NO5/c1-6(2)8-9(14)11(16)12(10(8)15)5-4-7(13)17-3/h9,14H,4-5H2,1-3H3. The number of hydrogen-bond acceptors (Lipinski definition) is 5. The summed E-state index contributed by atoms with van der Waals surface area (Å²) in [4.78, 5) is 35.2. The Morgan fingerprint density at radius 2 is 2.00 bits per heavy atom. The second-order valence-corrected chi connectivity index (χ2v) is 3.94. The van der Waals surface area contributed by atoms with E-state index in [-0.39, 0.29) is 18.5 Å². The predicted octanol–water partition coefficient (Wildman–Crippen LogP) is -0.384. The Kier molecular flexibility index (Phi) is 4.01. The minimum Gasteiger partial charge on any atom is -0.469 e. The number of allylic oxidation sites excluding steroid dienone is 1. The molecule has 1 aliphatic rings. The third-order valence-electron chi connectivity index (χ3n) is 2.55. The van der Waals surface area contributed by atoms with E-state index in [4.69, 9.17) is 0 Å². The SMILES string of the molecule is COC(=O)CCN1C(=O)C(=C(C)C)C(O)C1=O. The number of esters is 1. The number of carbonyl (C=O) groups excluding carboxylic acids is 3. The largest absolute Gasteiger partial charge is 0.469 e. The van der Waals surface area contributed by atoms with Crippen molar-refractivity contribution in [1.82, 2.24) is 4.90 Å². The van der Waals surface area contributed by atoms with E-state index in [1.165, 1.54) is 7.11 Å². The van der Waals surface area contributed by atoms with Crippen molar-refractivity contribution in [3.8, 4) is 0 Å².